The standard InChI is InChI=1S/C27H31FN2O5/c1-3-14-35-21-8-9-22(18(2)17-21)25(31)23-24(19-4-6-20(28)7-5-19)30(27(33)26(23)32)11-10-29-12-15-34-16-13-29/h4-9,17,24,31H,3,10-16H2,1-2H3/t24-/m0/s1. The van der Waals surface area contributed by atoms with E-state index in [1.807, 2.05) is 13.8 Å². The second kappa shape index (κ2) is 11.0. The van der Waals surface area contributed by atoms with Gasteiger partial charge in [0.25, 0.3) is 11.7 Å². The number of likely N-dealkylation sites (tertiary alicyclic amines) is 1. The van der Waals surface area contributed by atoms with E-state index in [1.54, 1.807) is 30.3 Å². The maximum absolute atomic E-state index is 13.7. The Morgan fingerprint density at radius 3 is 2.49 bits per heavy atom. The third-order valence-electron chi connectivity index (χ3n) is 6.41. The largest absolute Gasteiger partial charge is 0.507 e. The number of aryl methyl sites for hydroxylation is 1. The SMILES string of the molecule is CCCOc1ccc(C(O)=C2C(=O)C(=O)N(CCN3CCOCC3)[C@H]2c2ccc(F)cc2)c(C)c1. The molecule has 2 aromatic carbocycles. The zero-order chi connectivity index (χ0) is 24.9. The van der Waals surface area contributed by atoms with E-state index in [4.69, 9.17) is 9.47 Å². The molecular formula is C27H31FN2O5. The quantitative estimate of drug-likeness (QED) is 0.351. The number of aliphatic hydroxyl groups excluding tert-OH is 1. The van der Waals surface area contributed by atoms with Crippen molar-refractivity contribution in [3.05, 3.63) is 70.5 Å². The molecule has 1 atom stereocenters. The Kier molecular flexibility index (Phi) is 7.83. The van der Waals surface area contributed by atoms with Crippen LogP contribution in [0.25, 0.3) is 5.76 Å². The fraction of sp³-hybridized carbons (Fsp3) is 0.407. The van der Waals surface area contributed by atoms with Crippen LogP contribution in [0.2, 0.25) is 0 Å². The van der Waals surface area contributed by atoms with Crippen LogP contribution in [0, 0.1) is 12.7 Å². The number of carbonyl (C=O) groups is 2. The summed E-state index contributed by atoms with van der Waals surface area (Å²) >= 11 is 0. The maximum atomic E-state index is 13.7. The van der Waals surface area contributed by atoms with E-state index in [-0.39, 0.29) is 11.3 Å². The van der Waals surface area contributed by atoms with Gasteiger partial charge in [0.2, 0.25) is 0 Å². The van der Waals surface area contributed by atoms with E-state index < -0.39 is 23.5 Å². The van der Waals surface area contributed by atoms with Crippen LogP contribution >= 0.6 is 0 Å². The molecule has 0 radical (unpaired) electrons. The van der Waals surface area contributed by atoms with Crippen LogP contribution in [0.1, 0.15) is 36.1 Å². The van der Waals surface area contributed by atoms with Crippen LogP contribution in [0.15, 0.2) is 48.0 Å². The molecule has 2 fully saturated rings. The predicted octanol–water partition coefficient (Wildman–Crippen LogP) is 3.68. The number of hydrogen-bond donors (Lipinski definition) is 1. The number of hydrogen-bond acceptors (Lipinski definition) is 6. The fourth-order valence-electron chi connectivity index (χ4n) is 4.53. The van der Waals surface area contributed by atoms with Crippen molar-refractivity contribution in [2.45, 2.75) is 26.3 Å². The molecule has 4 rings (SSSR count). The number of rotatable bonds is 8. The number of morpholine rings is 1. The Labute approximate surface area is 204 Å². The van der Waals surface area contributed by atoms with E-state index in [0.29, 0.717) is 55.4 Å². The van der Waals surface area contributed by atoms with Crippen LogP contribution in [0.4, 0.5) is 4.39 Å². The first-order valence-corrected chi connectivity index (χ1v) is 12.0. The Hall–Kier alpha value is -3.23. The lowest BCUT2D eigenvalue weighted by molar-refractivity contribution is -0.140. The second-order valence-corrected chi connectivity index (χ2v) is 8.82. The lowest BCUT2D eigenvalue weighted by Crippen LogP contribution is -2.42. The summed E-state index contributed by atoms with van der Waals surface area (Å²) in [5.41, 5.74) is 1.74. The summed E-state index contributed by atoms with van der Waals surface area (Å²) in [7, 11) is 0. The van der Waals surface area contributed by atoms with Gasteiger partial charge in [-0.15, -0.1) is 0 Å². The molecule has 8 heteroatoms. The molecule has 0 unspecified atom stereocenters. The van der Waals surface area contributed by atoms with Crippen LogP contribution in [-0.2, 0) is 14.3 Å². The third kappa shape index (κ3) is 5.39. The summed E-state index contributed by atoms with van der Waals surface area (Å²) in [5.74, 6) is -1.41. The van der Waals surface area contributed by atoms with Gasteiger partial charge in [-0.1, -0.05) is 19.1 Å². The van der Waals surface area contributed by atoms with Crippen molar-refractivity contribution in [2.75, 3.05) is 46.0 Å². The van der Waals surface area contributed by atoms with Gasteiger partial charge in [0.05, 0.1) is 31.4 Å². The molecule has 1 amide bonds. The summed E-state index contributed by atoms with van der Waals surface area (Å²) in [5, 5.41) is 11.3. The number of ketones is 1. The Balaban J connectivity index is 1.71. The third-order valence-corrected chi connectivity index (χ3v) is 6.41. The molecule has 186 valence electrons. The molecule has 2 aliphatic heterocycles. The molecule has 0 bridgehead atoms. The topological polar surface area (TPSA) is 79.3 Å². The van der Waals surface area contributed by atoms with E-state index >= 15 is 0 Å². The Morgan fingerprint density at radius 1 is 1.11 bits per heavy atom. The molecule has 0 spiro atoms. The highest BCUT2D eigenvalue weighted by Gasteiger charge is 2.46. The summed E-state index contributed by atoms with van der Waals surface area (Å²) in [6.45, 7) is 8.00. The minimum absolute atomic E-state index is 0.00825. The van der Waals surface area contributed by atoms with Crippen molar-refractivity contribution in [3.63, 3.8) is 0 Å². The fourth-order valence-corrected chi connectivity index (χ4v) is 4.53. The van der Waals surface area contributed by atoms with Crippen LogP contribution in [0.3, 0.4) is 0 Å². The lowest BCUT2D eigenvalue weighted by Gasteiger charge is -2.31. The van der Waals surface area contributed by atoms with Gasteiger partial charge in [-0.3, -0.25) is 14.5 Å². The number of benzene rings is 2. The molecular weight excluding hydrogens is 451 g/mol. The number of nitrogens with zero attached hydrogens (tertiary/aromatic N) is 2. The van der Waals surface area contributed by atoms with Crippen molar-refractivity contribution in [1.82, 2.24) is 9.80 Å². The van der Waals surface area contributed by atoms with Crippen molar-refractivity contribution in [2.24, 2.45) is 0 Å². The number of amides is 1. The van der Waals surface area contributed by atoms with Crippen LogP contribution < -0.4 is 4.74 Å². The Bertz CT molecular complexity index is 1110. The van der Waals surface area contributed by atoms with E-state index in [0.717, 1.165) is 19.5 Å². The monoisotopic (exact) mass is 482 g/mol. The summed E-state index contributed by atoms with van der Waals surface area (Å²) < 4.78 is 24.7. The van der Waals surface area contributed by atoms with Crippen molar-refractivity contribution in [1.29, 1.82) is 0 Å². The van der Waals surface area contributed by atoms with E-state index in [9.17, 15) is 19.1 Å². The molecule has 2 heterocycles. The molecule has 2 aliphatic rings. The van der Waals surface area contributed by atoms with Crippen molar-refractivity contribution in [3.8, 4) is 5.75 Å². The van der Waals surface area contributed by atoms with Gasteiger partial charge in [0.15, 0.2) is 0 Å². The van der Waals surface area contributed by atoms with Crippen molar-refractivity contribution >= 4 is 17.4 Å². The molecule has 0 saturated carbocycles. The highest BCUT2D eigenvalue weighted by Crippen LogP contribution is 2.40. The minimum Gasteiger partial charge on any atom is -0.507 e. The average molecular weight is 483 g/mol. The maximum Gasteiger partial charge on any atom is 0.295 e. The van der Waals surface area contributed by atoms with Gasteiger partial charge >= 0.3 is 0 Å². The zero-order valence-electron chi connectivity index (χ0n) is 20.1. The van der Waals surface area contributed by atoms with Gasteiger partial charge in [0.1, 0.15) is 17.3 Å². The smallest absolute Gasteiger partial charge is 0.295 e. The van der Waals surface area contributed by atoms with Crippen LogP contribution in [0.5, 0.6) is 5.75 Å². The zero-order valence-corrected chi connectivity index (χ0v) is 20.1. The van der Waals surface area contributed by atoms with E-state index in [2.05, 4.69) is 4.90 Å². The highest BCUT2D eigenvalue weighted by atomic mass is 19.1. The molecule has 1 N–H and O–H groups in total. The van der Waals surface area contributed by atoms with Gasteiger partial charge in [-0.25, -0.2) is 4.39 Å². The molecule has 0 aromatic heterocycles. The van der Waals surface area contributed by atoms with Gasteiger partial charge < -0.3 is 19.5 Å². The minimum atomic E-state index is -0.813. The average Bonchev–Trinajstić information content (AvgIpc) is 3.12. The molecule has 2 aromatic rings. The highest BCUT2D eigenvalue weighted by molar-refractivity contribution is 6.46. The number of aliphatic hydroxyl groups is 1. The molecule has 35 heavy (non-hydrogen) atoms. The molecule has 2 saturated heterocycles. The predicted molar refractivity (Wildman–Crippen MR) is 130 cm³/mol. The van der Waals surface area contributed by atoms with E-state index in [1.165, 1.54) is 17.0 Å². The van der Waals surface area contributed by atoms with Gasteiger partial charge in [-0.05, 0) is 54.8 Å². The molecule has 7 nitrogen and oxygen atoms in total. The summed E-state index contributed by atoms with van der Waals surface area (Å²) in [4.78, 5) is 30.0. The van der Waals surface area contributed by atoms with Gasteiger partial charge in [-0.2, -0.15) is 0 Å². The molecule has 0 aliphatic carbocycles. The summed E-state index contributed by atoms with van der Waals surface area (Å²) in [6.07, 6.45) is 0.867. The van der Waals surface area contributed by atoms with Crippen molar-refractivity contribution < 1.29 is 28.6 Å². The second-order valence-electron chi connectivity index (χ2n) is 8.82. The number of Topliss-reactive ketones (excluding diaryl/α,β-unsaturated/α-hetero) is 1. The first kappa shape index (κ1) is 24.9. The first-order chi connectivity index (χ1) is 16.9. The van der Waals surface area contributed by atoms with Crippen LogP contribution in [-0.4, -0.2) is 72.6 Å². The normalized spacial score (nSPS) is 20.4. The van der Waals surface area contributed by atoms with Gasteiger partial charge in [0, 0.05) is 31.7 Å². The number of halogens is 1. The lowest BCUT2D eigenvalue weighted by atomic mass is 9.94. The summed E-state index contributed by atoms with van der Waals surface area (Å²) in [6, 6.07) is 10.1. The number of ether oxygens (including phenoxy) is 2. The Morgan fingerprint density at radius 2 is 1.83 bits per heavy atom. The first-order valence-electron chi connectivity index (χ1n) is 12.0. The number of carbonyl (C=O) groups excluding carboxylic acids is 2.